The Labute approximate surface area is 302 Å². The van der Waals surface area contributed by atoms with E-state index < -0.39 is 0 Å². The number of fused-ring (bicyclic) bond motifs is 5. The molecule has 0 aliphatic rings. The molecule has 9 aromatic carbocycles. The molecule has 10 rings (SSSR count). The fourth-order valence-corrected chi connectivity index (χ4v) is 7.68. The van der Waals surface area contributed by atoms with Gasteiger partial charge < -0.3 is 9.32 Å². The van der Waals surface area contributed by atoms with Crippen molar-refractivity contribution in [2.75, 3.05) is 4.90 Å². The van der Waals surface area contributed by atoms with Gasteiger partial charge in [-0.15, -0.1) is 0 Å². The van der Waals surface area contributed by atoms with Gasteiger partial charge >= 0.3 is 0 Å². The third-order valence-electron chi connectivity index (χ3n) is 10.2. The van der Waals surface area contributed by atoms with E-state index in [1.165, 1.54) is 49.4 Å². The maximum Gasteiger partial charge on any atom is 0.137 e. The Morgan fingerprint density at radius 3 is 1.73 bits per heavy atom. The zero-order valence-electron chi connectivity index (χ0n) is 28.4. The van der Waals surface area contributed by atoms with Gasteiger partial charge in [-0.2, -0.15) is 0 Å². The monoisotopic (exact) mass is 663 g/mol. The van der Waals surface area contributed by atoms with Gasteiger partial charge in [-0.1, -0.05) is 146 Å². The van der Waals surface area contributed by atoms with Crippen LogP contribution in [0, 0.1) is 0 Å². The lowest BCUT2D eigenvalue weighted by Gasteiger charge is -2.29. The van der Waals surface area contributed by atoms with Gasteiger partial charge in [0, 0.05) is 16.6 Å². The van der Waals surface area contributed by atoms with Gasteiger partial charge in [-0.3, -0.25) is 0 Å². The molecule has 244 valence electrons. The molecule has 0 fully saturated rings. The summed E-state index contributed by atoms with van der Waals surface area (Å²) in [5, 5.41) is 7.09. The number of rotatable bonds is 6. The lowest BCUT2D eigenvalue weighted by Crippen LogP contribution is -2.11. The van der Waals surface area contributed by atoms with Crippen LogP contribution in [0.2, 0.25) is 0 Å². The summed E-state index contributed by atoms with van der Waals surface area (Å²) in [4.78, 5) is 2.40. The van der Waals surface area contributed by atoms with Crippen molar-refractivity contribution in [3.05, 3.63) is 200 Å². The number of nitrogens with zero attached hydrogens (tertiary/aromatic N) is 1. The molecule has 0 aliphatic carbocycles. The number of para-hydroxylation sites is 2. The second-order valence-corrected chi connectivity index (χ2v) is 13.4. The first-order valence-electron chi connectivity index (χ1n) is 17.8. The van der Waals surface area contributed by atoms with Crippen molar-refractivity contribution >= 4 is 60.5 Å². The fraction of sp³-hybridized carbons (Fsp3) is 0. The van der Waals surface area contributed by atoms with Crippen LogP contribution in [0.5, 0.6) is 0 Å². The lowest BCUT2D eigenvalue weighted by atomic mass is 9.96. The summed E-state index contributed by atoms with van der Waals surface area (Å²) < 4.78 is 6.38. The van der Waals surface area contributed by atoms with Crippen molar-refractivity contribution in [3.63, 3.8) is 0 Å². The quantitative estimate of drug-likeness (QED) is 0.176. The maximum atomic E-state index is 6.38. The number of hydrogen-bond acceptors (Lipinski definition) is 2. The van der Waals surface area contributed by atoms with Crippen LogP contribution in [0.25, 0.3) is 76.9 Å². The highest BCUT2D eigenvalue weighted by molar-refractivity contribution is 6.14. The van der Waals surface area contributed by atoms with E-state index in [0.717, 1.165) is 44.6 Å². The summed E-state index contributed by atoms with van der Waals surface area (Å²) in [5.41, 5.74) is 12.2. The molecule has 1 aromatic heterocycles. The fourth-order valence-electron chi connectivity index (χ4n) is 7.68. The van der Waals surface area contributed by atoms with E-state index >= 15 is 0 Å². The minimum Gasteiger partial charge on any atom is -0.456 e. The zero-order valence-corrected chi connectivity index (χ0v) is 28.4. The Hall–Kier alpha value is -6.90. The highest BCUT2D eigenvalue weighted by atomic mass is 16.3. The van der Waals surface area contributed by atoms with E-state index in [1.807, 2.05) is 12.1 Å². The summed E-state index contributed by atoms with van der Waals surface area (Å²) >= 11 is 0. The van der Waals surface area contributed by atoms with Crippen LogP contribution in [0.1, 0.15) is 0 Å². The maximum absolute atomic E-state index is 6.38. The van der Waals surface area contributed by atoms with Gasteiger partial charge in [0.15, 0.2) is 0 Å². The largest absolute Gasteiger partial charge is 0.456 e. The van der Waals surface area contributed by atoms with Crippen LogP contribution < -0.4 is 4.90 Å². The molecule has 0 spiro atoms. The average molecular weight is 664 g/mol. The molecule has 0 saturated heterocycles. The number of benzene rings is 9. The topological polar surface area (TPSA) is 16.4 Å². The normalized spacial score (nSPS) is 11.5. The van der Waals surface area contributed by atoms with Gasteiger partial charge in [0.2, 0.25) is 0 Å². The molecule has 0 aliphatic heterocycles. The van der Waals surface area contributed by atoms with Crippen LogP contribution in [0.3, 0.4) is 0 Å². The van der Waals surface area contributed by atoms with Crippen molar-refractivity contribution in [2.24, 2.45) is 0 Å². The average Bonchev–Trinajstić information content (AvgIpc) is 3.61. The van der Waals surface area contributed by atoms with Gasteiger partial charge in [0.25, 0.3) is 0 Å². The van der Waals surface area contributed by atoms with Crippen LogP contribution in [0.15, 0.2) is 205 Å². The molecule has 2 nitrogen and oxygen atoms in total. The summed E-state index contributed by atoms with van der Waals surface area (Å²) in [7, 11) is 0. The molecule has 0 saturated carbocycles. The van der Waals surface area contributed by atoms with E-state index in [1.54, 1.807) is 0 Å². The van der Waals surface area contributed by atoms with Crippen LogP contribution in [-0.4, -0.2) is 0 Å². The van der Waals surface area contributed by atoms with Gasteiger partial charge in [-0.05, 0) is 104 Å². The Morgan fingerprint density at radius 2 is 0.885 bits per heavy atom. The molecule has 0 unspecified atom stereocenters. The Bertz CT molecular complexity index is 2920. The van der Waals surface area contributed by atoms with Crippen molar-refractivity contribution in [2.45, 2.75) is 0 Å². The van der Waals surface area contributed by atoms with Gasteiger partial charge in [-0.25, -0.2) is 0 Å². The molecule has 0 radical (unpaired) electrons. The van der Waals surface area contributed by atoms with Crippen molar-refractivity contribution in [3.8, 4) is 33.4 Å². The molecule has 0 bridgehead atoms. The molecule has 1 heterocycles. The standard InChI is InChI=1S/C50H33NO/c1-2-13-35(14-3-1)44-18-6-8-20-46(44)51(47-21-11-23-49-50(47)45-19-7-9-22-48(45)52-49)43-29-28-41-32-40(26-27-42(41)33-43)38-17-10-16-37(31-38)39-25-24-34-12-4-5-15-36(34)30-39/h1-33H. The minimum atomic E-state index is 0.872. The second-order valence-electron chi connectivity index (χ2n) is 13.4. The Morgan fingerprint density at radius 1 is 0.327 bits per heavy atom. The summed E-state index contributed by atoms with van der Waals surface area (Å²) in [5.74, 6) is 0. The molecule has 2 heteroatoms. The number of hydrogen-bond donors (Lipinski definition) is 0. The van der Waals surface area contributed by atoms with Crippen molar-refractivity contribution < 1.29 is 4.42 Å². The smallest absolute Gasteiger partial charge is 0.137 e. The molecular formula is C50H33NO. The first-order chi connectivity index (χ1) is 25.8. The van der Waals surface area contributed by atoms with Gasteiger partial charge in [0.05, 0.1) is 16.8 Å². The Balaban J connectivity index is 1.11. The molecular weight excluding hydrogens is 631 g/mol. The van der Waals surface area contributed by atoms with Crippen molar-refractivity contribution in [1.29, 1.82) is 0 Å². The molecule has 10 aromatic rings. The zero-order chi connectivity index (χ0) is 34.4. The first kappa shape index (κ1) is 30.0. The Kier molecular flexibility index (Phi) is 7.18. The summed E-state index contributed by atoms with van der Waals surface area (Å²) in [6.45, 7) is 0. The number of anilines is 3. The third kappa shape index (κ3) is 5.21. The minimum absolute atomic E-state index is 0.872. The number of furan rings is 1. The van der Waals surface area contributed by atoms with Crippen LogP contribution in [0.4, 0.5) is 17.1 Å². The molecule has 52 heavy (non-hydrogen) atoms. The highest BCUT2D eigenvalue weighted by Gasteiger charge is 2.22. The third-order valence-corrected chi connectivity index (χ3v) is 10.2. The van der Waals surface area contributed by atoms with Gasteiger partial charge in [0.1, 0.15) is 11.2 Å². The van der Waals surface area contributed by atoms with Crippen LogP contribution >= 0.6 is 0 Å². The summed E-state index contributed by atoms with van der Waals surface area (Å²) in [6.07, 6.45) is 0. The van der Waals surface area contributed by atoms with E-state index in [2.05, 4.69) is 193 Å². The SMILES string of the molecule is c1ccc(-c2ccccc2N(c2ccc3cc(-c4cccc(-c5ccc6ccccc6c5)c4)ccc3c2)c2cccc3oc4ccccc4c23)cc1. The second kappa shape index (κ2) is 12.5. The van der Waals surface area contributed by atoms with E-state index in [-0.39, 0.29) is 0 Å². The summed E-state index contributed by atoms with van der Waals surface area (Å²) in [6, 6.07) is 71.8. The van der Waals surface area contributed by atoms with Crippen molar-refractivity contribution in [1.82, 2.24) is 0 Å². The predicted molar refractivity (Wildman–Crippen MR) is 220 cm³/mol. The highest BCUT2D eigenvalue weighted by Crippen LogP contribution is 2.46. The predicted octanol–water partition coefficient (Wildman–Crippen LogP) is 14.4. The van der Waals surface area contributed by atoms with E-state index in [9.17, 15) is 0 Å². The first-order valence-corrected chi connectivity index (χ1v) is 17.8. The van der Waals surface area contributed by atoms with E-state index in [4.69, 9.17) is 4.42 Å². The van der Waals surface area contributed by atoms with Crippen LogP contribution in [-0.2, 0) is 0 Å². The molecule has 0 atom stereocenters. The lowest BCUT2D eigenvalue weighted by molar-refractivity contribution is 0.669. The van der Waals surface area contributed by atoms with E-state index in [0.29, 0.717) is 0 Å². The molecule has 0 N–H and O–H groups in total. The molecule has 0 amide bonds.